The topological polar surface area (TPSA) is 66.0 Å². The van der Waals surface area contributed by atoms with Gasteiger partial charge in [-0.05, 0) is 24.3 Å². The van der Waals surface area contributed by atoms with E-state index in [-0.39, 0.29) is 5.57 Å². The number of nitrogens with zero attached hydrogens (tertiary/aromatic N) is 1. The maximum absolute atomic E-state index is 11.4. The van der Waals surface area contributed by atoms with Crippen molar-refractivity contribution in [1.29, 1.82) is 5.26 Å². The molecule has 0 saturated heterocycles. The molecule has 0 aliphatic rings. The Labute approximate surface area is 121 Å². The number of amides is 1. The Balaban J connectivity index is 2.15. The van der Waals surface area contributed by atoms with Gasteiger partial charge in [-0.25, -0.2) is 0 Å². The van der Waals surface area contributed by atoms with Gasteiger partial charge in [0.05, 0.1) is 0 Å². The van der Waals surface area contributed by atoms with Crippen LogP contribution in [0.3, 0.4) is 0 Å². The molecule has 1 heterocycles. The normalized spacial score (nSPS) is 10.9. The molecule has 0 radical (unpaired) electrons. The van der Waals surface area contributed by atoms with Crippen molar-refractivity contribution in [3.8, 4) is 6.07 Å². The molecule has 2 rings (SSSR count). The van der Waals surface area contributed by atoms with E-state index in [4.69, 9.17) is 9.68 Å². The van der Waals surface area contributed by atoms with Crippen LogP contribution in [0.1, 0.15) is 5.76 Å². The molecule has 20 heavy (non-hydrogen) atoms. The number of furan rings is 1. The Morgan fingerprint density at radius 3 is 2.70 bits per heavy atom. The molecule has 0 aliphatic heterocycles. The van der Waals surface area contributed by atoms with Crippen molar-refractivity contribution >= 4 is 23.7 Å². The first-order valence-electron chi connectivity index (χ1n) is 5.89. The van der Waals surface area contributed by atoms with Gasteiger partial charge < -0.3 is 9.73 Å². The summed E-state index contributed by atoms with van der Waals surface area (Å²) in [5.74, 6) is 0.0461. The lowest BCUT2D eigenvalue weighted by Gasteiger charge is -1.97. The van der Waals surface area contributed by atoms with Gasteiger partial charge in [-0.1, -0.05) is 30.0 Å². The molecule has 0 aliphatic carbocycles. The predicted molar refractivity (Wildman–Crippen MR) is 76.9 cm³/mol. The first kappa shape index (κ1) is 14.0. The summed E-state index contributed by atoms with van der Waals surface area (Å²) in [6, 6.07) is 15.2. The minimum Gasteiger partial charge on any atom is -0.450 e. The highest BCUT2D eigenvalue weighted by molar-refractivity contribution is 7.99. The zero-order chi connectivity index (χ0) is 14.4. The molecular formula is C15H12N2O2S. The van der Waals surface area contributed by atoms with Crippen molar-refractivity contribution in [3.63, 3.8) is 0 Å². The summed E-state index contributed by atoms with van der Waals surface area (Å²) in [5.41, 5.74) is 0.0121. The highest BCUT2D eigenvalue weighted by atomic mass is 32.2. The minimum absolute atomic E-state index is 0.0121. The second-order valence-corrected chi connectivity index (χ2v) is 4.90. The van der Waals surface area contributed by atoms with E-state index < -0.39 is 5.91 Å². The summed E-state index contributed by atoms with van der Waals surface area (Å²) < 4.78 is 5.57. The van der Waals surface area contributed by atoms with Crippen LogP contribution < -0.4 is 5.32 Å². The van der Waals surface area contributed by atoms with Crippen LogP contribution in [-0.2, 0) is 4.79 Å². The molecule has 100 valence electrons. The lowest BCUT2D eigenvalue weighted by atomic mass is 10.2. The number of likely N-dealkylation sites (N-methyl/N-ethyl adjacent to an activating group) is 1. The Kier molecular flexibility index (Phi) is 4.64. The molecule has 0 spiro atoms. The SMILES string of the molecule is CNC(=O)/C(C#N)=C/c1ccc(Sc2ccccc2)o1. The van der Waals surface area contributed by atoms with Crippen molar-refractivity contribution in [2.45, 2.75) is 9.99 Å². The van der Waals surface area contributed by atoms with Crippen molar-refractivity contribution < 1.29 is 9.21 Å². The van der Waals surface area contributed by atoms with E-state index in [0.717, 1.165) is 4.90 Å². The van der Waals surface area contributed by atoms with Gasteiger partial charge in [0.15, 0.2) is 5.09 Å². The summed E-state index contributed by atoms with van der Waals surface area (Å²) >= 11 is 1.48. The Morgan fingerprint density at radius 2 is 2.05 bits per heavy atom. The van der Waals surface area contributed by atoms with Crippen LogP contribution in [0.25, 0.3) is 6.08 Å². The molecule has 5 heteroatoms. The number of nitriles is 1. The molecular weight excluding hydrogens is 272 g/mol. The third-order valence-corrected chi connectivity index (χ3v) is 3.37. The van der Waals surface area contributed by atoms with E-state index >= 15 is 0 Å². The number of hydrogen-bond acceptors (Lipinski definition) is 4. The second kappa shape index (κ2) is 6.64. The Hall–Kier alpha value is -2.45. The molecule has 0 fully saturated rings. The van der Waals surface area contributed by atoms with E-state index in [2.05, 4.69) is 5.32 Å². The third-order valence-electron chi connectivity index (χ3n) is 2.44. The maximum atomic E-state index is 11.4. The van der Waals surface area contributed by atoms with Crippen LogP contribution in [0.4, 0.5) is 0 Å². The molecule has 4 nitrogen and oxygen atoms in total. The van der Waals surface area contributed by atoms with Crippen molar-refractivity contribution in [3.05, 3.63) is 53.8 Å². The molecule has 0 atom stereocenters. The van der Waals surface area contributed by atoms with Crippen LogP contribution in [0.15, 0.2) is 62.4 Å². The van der Waals surface area contributed by atoms with Gasteiger partial charge in [0, 0.05) is 18.0 Å². The first-order valence-corrected chi connectivity index (χ1v) is 6.71. The van der Waals surface area contributed by atoms with E-state index in [0.29, 0.717) is 10.9 Å². The summed E-state index contributed by atoms with van der Waals surface area (Å²) in [7, 11) is 1.48. The van der Waals surface area contributed by atoms with Gasteiger partial charge >= 0.3 is 0 Å². The van der Waals surface area contributed by atoms with Crippen molar-refractivity contribution in [2.75, 3.05) is 7.05 Å². The summed E-state index contributed by atoms with van der Waals surface area (Å²) in [6.45, 7) is 0. The Bertz CT molecular complexity index is 669. The van der Waals surface area contributed by atoms with Crippen LogP contribution in [-0.4, -0.2) is 13.0 Å². The van der Waals surface area contributed by atoms with Gasteiger partial charge in [-0.15, -0.1) is 0 Å². The van der Waals surface area contributed by atoms with Crippen molar-refractivity contribution in [1.82, 2.24) is 5.32 Å². The molecule has 1 aromatic heterocycles. The predicted octanol–water partition coefficient (Wildman–Crippen LogP) is 3.08. The Morgan fingerprint density at radius 1 is 1.30 bits per heavy atom. The smallest absolute Gasteiger partial charge is 0.261 e. The lowest BCUT2D eigenvalue weighted by Crippen LogP contribution is -2.18. The number of carbonyl (C=O) groups is 1. The molecule has 1 N–H and O–H groups in total. The van der Waals surface area contributed by atoms with E-state index in [1.165, 1.54) is 24.9 Å². The first-order chi connectivity index (χ1) is 9.72. The van der Waals surface area contributed by atoms with Gasteiger partial charge in [-0.3, -0.25) is 4.79 Å². The highest BCUT2D eigenvalue weighted by Crippen LogP contribution is 2.29. The fraction of sp³-hybridized carbons (Fsp3) is 0.0667. The average molecular weight is 284 g/mol. The van der Waals surface area contributed by atoms with Gasteiger partial charge in [0.1, 0.15) is 17.4 Å². The quantitative estimate of drug-likeness (QED) is 0.692. The monoisotopic (exact) mass is 284 g/mol. The maximum Gasteiger partial charge on any atom is 0.261 e. The number of carbonyl (C=O) groups excluding carboxylic acids is 1. The summed E-state index contributed by atoms with van der Waals surface area (Å²) in [5, 5.41) is 12.0. The fourth-order valence-corrected chi connectivity index (χ4v) is 2.30. The highest BCUT2D eigenvalue weighted by Gasteiger charge is 2.08. The fourth-order valence-electron chi connectivity index (χ4n) is 1.50. The van der Waals surface area contributed by atoms with Crippen molar-refractivity contribution in [2.24, 2.45) is 0 Å². The number of rotatable bonds is 4. The molecule has 2 aromatic rings. The van der Waals surface area contributed by atoms with Gasteiger partial charge in [0.2, 0.25) is 0 Å². The number of benzene rings is 1. The van der Waals surface area contributed by atoms with Gasteiger partial charge in [0.25, 0.3) is 5.91 Å². The van der Waals surface area contributed by atoms with Crippen LogP contribution in [0.2, 0.25) is 0 Å². The molecule has 0 bridgehead atoms. The average Bonchev–Trinajstić information content (AvgIpc) is 2.92. The van der Waals surface area contributed by atoms with Crippen LogP contribution in [0.5, 0.6) is 0 Å². The van der Waals surface area contributed by atoms with E-state index in [1.807, 2.05) is 42.5 Å². The lowest BCUT2D eigenvalue weighted by molar-refractivity contribution is -0.116. The zero-order valence-corrected chi connectivity index (χ0v) is 11.6. The summed E-state index contributed by atoms with van der Waals surface area (Å²) in [4.78, 5) is 12.5. The van der Waals surface area contributed by atoms with Crippen LogP contribution >= 0.6 is 11.8 Å². The number of nitrogens with one attached hydrogen (secondary N) is 1. The molecule has 0 saturated carbocycles. The van der Waals surface area contributed by atoms with E-state index in [1.54, 1.807) is 6.07 Å². The largest absolute Gasteiger partial charge is 0.450 e. The zero-order valence-electron chi connectivity index (χ0n) is 10.8. The van der Waals surface area contributed by atoms with Gasteiger partial charge in [-0.2, -0.15) is 5.26 Å². The minimum atomic E-state index is -0.429. The number of hydrogen-bond donors (Lipinski definition) is 1. The summed E-state index contributed by atoms with van der Waals surface area (Å²) in [6.07, 6.45) is 1.42. The molecule has 1 amide bonds. The van der Waals surface area contributed by atoms with Crippen LogP contribution in [0, 0.1) is 11.3 Å². The van der Waals surface area contributed by atoms with E-state index in [9.17, 15) is 4.79 Å². The standard InChI is InChI=1S/C15H12N2O2S/c1-17-15(18)11(10-16)9-12-7-8-14(19-12)20-13-5-3-2-4-6-13/h2-9H,1H3,(H,17,18)/b11-9+. The molecule has 1 aromatic carbocycles. The molecule has 0 unspecified atom stereocenters. The second-order valence-electron chi connectivity index (χ2n) is 3.82. The third kappa shape index (κ3) is 3.53.